The molecule has 1 aromatic heterocycles. The summed E-state index contributed by atoms with van der Waals surface area (Å²) in [5, 5.41) is 5.14. The molecular weight excluding hydrogens is 377 g/mol. The van der Waals surface area contributed by atoms with Crippen LogP contribution in [0.3, 0.4) is 0 Å². The number of alkyl halides is 3. The van der Waals surface area contributed by atoms with Gasteiger partial charge in [-0.2, -0.15) is 13.2 Å². The van der Waals surface area contributed by atoms with Crippen LogP contribution in [0.25, 0.3) is 10.9 Å². The molecule has 3 aromatic rings. The maximum absolute atomic E-state index is 13.5. The van der Waals surface area contributed by atoms with Crippen LogP contribution in [-0.2, 0) is 12.7 Å². The summed E-state index contributed by atoms with van der Waals surface area (Å²) in [5.41, 5.74) is 0.446. The first kappa shape index (κ1) is 22.3. The lowest BCUT2D eigenvalue weighted by molar-refractivity contribution is -0.138. The van der Waals surface area contributed by atoms with Gasteiger partial charge >= 0.3 is 6.18 Å². The Hall–Kier alpha value is -3.02. The first-order valence-corrected chi connectivity index (χ1v) is 9.39. The number of hydrogen-bond acceptors (Lipinski definition) is 2. The zero-order valence-electron chi connectivity index (χ0n) is 17.0. The second-order valence-electron chi connectivity index (χ2n) is 6.20. The number of para-hydroxylation sites is 1. The molecule has 0 saturated carbocycles. The molecule has 3 nitrogen and oxygen atoms in total. The fourth-order valence-electron chi connectivity index (χ4n) is 3.07. The number of rotatable bonds is 5. The largest absolute Gasteiger partial charge is 0.442 e. The molecule has 0 aliphatic rings. The smallest absolute Gasteiger partial charge is 0.416 e. The zero-order chi connectivity index (χ0) is 21.6. The van der Waals surface area contributed by atoms with Crippen LogP contribution in [0, 0.1) is 6.92 Å². The second-order valence-corrected chi connectivity index (χ2v) is 6.20. The molecule has 29 heavy (non-hydrogen) atoms. The van der Waals surface area contributed by atoms with E-state index in [9.17, 15) is 13.2 Å². The van der Waals surface area contributed by atoms with E-state index in [1.54, 1.807) is 25.1 Å². The normalized spacial score (nSPS) is 11.8. The maximum atomic E-state index is 13.5. The lowest BCUT2D eigenvalue weighted by Gasteiger charge is -2.15. The van der Waals surface area contributed by atoms with Crippen molar-refractivity contribution in [2.75, 3.05) is 0 Å². The van der Waals surface area contributed by atoms with E-state index in [2.05, 4.69) is 11.7 Å². The summed E-state index contributed by atoms with van der Waals surface area (Å²) in [7, 11) is 0. The summed E-state index contributed by atoms with van der Waals surface area (Å²) in [6.45, 7) is 10.8. The third-order valence-corrected chi connectivity index (χ3v) is 4.20. The molecule has 1 heterocycles. The van der Waals surface area contributed by atoms with E-state index in [4.69, 9.17) is 4.74 Å². The van der Waals surface area contributed by atoms with Crippen molar-refractivity contribution >= 4 is 10.9 Å². The lowest BCUT2D eigenvalue weighted by atomic mass is 10.0. The predicted octanol–water partition coefficient (Wildman–Crippen LogP) is 6.91. The van der Waals surface area contributed by atoms with Crippen LogP contribution in [0.15, 0.2) is 67.0 Å². The molecule has 0 amide bonds. The van der Waals surface area contributed by atoms with Gasteiger partial charge in [-0.3, -0.25) is 4.68 Å². The Morgan fingerprint density at radius 1 is 1.14 bits per heavy atom. The molecule has 0 atom stereocenters. The molecular formula is C23H25F3N2O. The monoisotopic (exact) mass is 402 g/mol. The molecule has 0 unspecified atom stereocenters. The van der Waals surface area contributed by atoms with Crippen LogP contribution in [0.2, 0.25) is 0 Å². The molecule has 6 heteroatoms. The summed E-state index contributed by atoms with van der Waals surface area (Å²) < 4.78 is 47.8. The van der Waals surface area contributed by atoms with Crippen molar-refractivity contribution in [2.24, 2.45) is 0 Å². The average Bonchev–Trinajstić information content (AvgIpc) is 3.00. The van der Waals surface area contributed by atoms with Crippen LogP contribution in [-0.4, -0.2) is 9.78 Å². The highest BCUT2D eigenvalue weighted by Crippen LogP contribution is 2.35. The number of ether oxygens (including phenoxy) is 1. The van der Waals surface area contributed by atoms with E-state index in [0.717, 1.165) is 5.39 Å². The van der Waals surface area contributed by atoms with E-state index < -0.39 is 11.7 Å². The Kier molecular flexibility index (Phi) is 7.26. The molecule has 3 rings (SSSR count). The number of nitrogens with zero attached hydrogens (tertiary/aromatic N) is 2. The average molecular weight is 402 g/mol. The minimum atomic E-state index is -4.42. The van der Waals surface area contributed by atoms with E-state index in [0.29, 0.717) is 17.2 Å². The fourth-order valence-corrected chi connectivity index (χ4v) is 3.07. The van der Waals surface area contributed by atoms with Gasteiger partial charge in [-0.15, -0.1) is 5.10 Å². The number of aryl methyl sites for hydroxylation is 1. The topological polar surface area (TPSA) is 27.1 Å². The van der Waals surface area contributed by atoms with E-state index in [1.807, 2.05) is 38.1 Å². The van der Waals surface area contributed by atoms with Gasteiger partial charge in [0.1, 0.15) is 5.76 Å². The van der Waals surface area contributed by atoms with Crippen molar-refractivity contribution < 1.29 is 17.9 Å². The van der Waals surface area contributed by atoms with Crippen LogP contribution in [0.5, 0.6) is 5.88 Å². The van der Waals surface area contributed by atoms with Crippen molar-refractivity contribution in [1.82, 2.24) is 9.78 Å². The number of fused-ring (bicyclic) bond motifs is 1. The third kappa shape index (κ3) is 5.08. The molecule has 0 radical (unpaired) electrons. The number of allylic oxidation sites excluding steroid dienone is 3. The van der Waals surface area contributed by atoms with Gasteiger partial charge in [-0.1, -0.05) is 56.8 Å². The molecule has 0 aliphatic heterocycles. The van der Waals surface area contributed by atoms with Crippen molar-refractivity contribution in [3.8, 4) is 5.88 Å². The molecule has 0 bridgehead atoms. The number of hydrogen-bond donors (Lipinski definition) is 0. The minimum absolute atomic E-state index is 0.00931. The highest BCUT2D eigenvalue weighted by atomic mass is 19.4. The second kappa shape index (κ2) is 9.45. The molecule has 0 N–H and O–H groups in total. The Morgan fingerprint density at radius 3 is 2.48 bits per heavy atom. The number of aromatic nitrogens is 2. The summed E-state index contributed by atoms with van der Waals surface area (Å²) >= 11 is 0. The van der Waals surface area contributed by atoms with Gasteiger partial charge in [-0.25, -0.2) is 0 Å². The van der Waals surface area contributed by atoms with E-state index >= 15 is 0 Å². The first-order chi connectivity index (χ1) is 13.8. The van der Waals surface area contributed by atoms with Gasteiger partial charge in [0.05, 0.1) is 23.0 Å². The standard InChI is InChI=1S/C21H19F3N2O.C2H6/c1-4-8-15(3)27-20-17-11-5-6-12-18(17)26(25-20)13-16-10-7-9-14(2)19(16)21(22,23)24;1-2/h4-12H,1,13H2,2-3H3;1-2H3/b15-8-;. The SMILES string of the molecule is C=C/C=C(/C)Oc1nn(Cc2cccc(C)c2C(F)(F)F)c2ccccc12.CC. The van der Waals surface area contributed by atoms with Gasteiger partial charge < -0.3 is 4.74 Å². The van der Waals surface area contributed by atoms with Crippen LogP contribution < -0.4 is 4.74 Å². The highest BCUT2D eigenvalue weighted by Gasteiger charge is 2.35. The van der Waals surface area contributed by atoms with Gasteiger partial charge in [0, 0.05) is 0 Å². The third-order valence-electron chi connectivity index (χ3n) is 4.20. The number of halogens is 3. The molecule has 154 valence electrons. The van der Waals surface area contributed by atoms with Crippen molar-refractivity contribution in [2.45, 2.75) is 40.4 Å². The molecule has 2 aromatic carbocycles. The minimum Gasteiger partial charge on any atom is -0.442 e. The zero-order valence-corrected chi connectivity index (χ0v) is 17.0. The Morgan fingerprint density at radius 2 is 1.83 bits per heavy atom. The van der Waals surface area contributed by atoms with Crippen LogP contribution in [0.4, 0.5) is 13.2 Å². The van der Waals surface area contributed by atoms with Crippen molar-refractivity contribution in [3.05, 3.63) is 83.6 Å². The fraction of sp³-hybridized carbons (Fsp3) is 0.261. The van der Waals surface area contributed by atoms with E-state index in [-0.39, 0.29) is 17.7 Å². The maximum Gasteiger partial charge on any atom is 0.416 e. The Bertz CT molecular complexity index is 1020. The van der Waals surface area contributed by atoms with Crippen molar-refractivity contribution in [1.29, 1.82) is 0 Å². The molecule has 0 spiro atoms. The Labute approximate surface area is 169 Å². The highest BCUT2D eigenvalue weighted by molar-refractivity contribution is 5.84. The quantitative estimate of drug-likeness (QED) is 0.343. The number of benzene rings is 2. The van der Waals surface area contributed by atoms with Crippen LogP contribution >= 0.6 is 0 Å². The first-order valence-electron chi connectivity index (χ1n) is 9.39. The van der Waals surface area contributed by atoms with E-state index in [1.165, 1.54) is 23.7 Å². The Balaban J connectivity index is 0.00000145. The lowest BCUT2D eigenvalue weighted by Crippen LogP contribution is -2.14. The predicted molar refractivity (Wildman–Crippen MR) is 111 cm³/mol. The summed E-state index contributed by atoms with van der Waals surface area (Å²) in [6.07, 6.45) is -1.14. The van der Waals surface area contributed by atoms with Gasteiger partial charge in [-0.05, 0) is 43.2 Å². The summed E-state index contributed by atoms with van der Waals surface area (Å²) in [6, 6.07) is 11.9. The van der Waals surface area contributed by atoms with Gasteiger partial charge in [0.15, 0.2) is 0 Å². The van der Waals surface area contributed by atoms with Gasteiger partial charge in [0.25, 0.3) is 0 Å². The van der Waals surface area contributed by atoms with Crippen LogP contribution in [0.1, 0.15) is 37.5 Å². The van der Waals surface area contributed by atoms with Crippen molar-refractivity contribution in [3.63, 3.8) is 0 Å². The molecule has 0 fully saturated rings. The summed E-state index contributed by atoms with van der Waals surface area (Å²) in [5.74, 6) is 0.939. The molecule has 0 saturated heterocycles. The summed E-state index contributed by atoms with van der Waals surface area (Å²) in [4.78, 5) is 0. The van der Waals surface area contributed by atoms with Gasteiger partial charge in [0.2, 0.25) is 5.88 Å². The molecule has 0 aliphatic carbocycles.